The number of hydrogen-bond acceptors (Lipinski definition) is 4. The van der Waals surface area contributed by atoms with Crippen molar-refractivity contribution in [2.24, 2.45) is 0 Å². The number of nitrogens with one attached hydrogen (secondary N) is 1. The van der Waals surface area contributed by atoms with Gasteiger partial charge in [-0.15, -0.1) is 0 Å². The van der Waals surface area contributed by atoms with Gasteiger partial charge in [-0.2, -0.15) is 5.10 Å². The topological polar surface area (TPSA) is 73.2 Å². The monoisotopic (exact) mass is 477 g/mol. The lowest BCUT2D eigenvalue weighted by Gasteiger charge is -2.34. The van der Waals surface area contributed by atoms with Crippen molar-refractivity contribution in [2.45, 2.75) is 55.8 Å². The van der Waals surface area contributed by atoms with E-state index >= 15 is 0 Å². The number of fused-ring (bicyclic) bond motifs is 1. The summed E-state index contributed by atoms with van der Waals surface area (Å²) in [6.45, 7) is 2.32. The number of hydrogen-bond donors (Lipinski definition) is 1. The van der Waals surface area contributed by atoms with E-state index in [1.807, 2.05) is 6.92 Å². The second-order valence-electron chi connectivity index (χ2n) is 8.59. The minimum Gasteiger partial charge on any atom is -0.373 e. The fourth-order valence-corrected chi connectivity index (χ4v) is 5.49. The Morgan fingerprint density at radius 1 is 1.09 bits per heavy atom. The molecule has 174 valence electrons. The highest BCUT2D eigenvalue weighted by molar-refractivity contribution is 7.89. The molecule has 0 spiro atoms. The third kappa shape index (κ3) is 4.30. The second-order valence-corrected chi connectivity index (χ2v) is 10.3. The summed E-state index contributed by atoms with van der Waals surface area (Å²) < 4.78 is 74.5. The van der Waals surface area contributed by atoms with E-state index in [1.54, 1.807) is 28.9 Å². The number of alkyl halides is 2. The summed E-state index contributed by atoms with van der Waals surface area (Å²) in [5.74, 6) is -3.15. The van der Waals surface area contributed by atoms with Crippen LogP contribution in [0.5, 0.6) is 0 Å². The van der Waals surface area contributed by atoms with Gasteiger partial charge in [0.05, 0.1) is 34.7 Å². The molecule has 3 aromatic rings. The highest BCUT2D eigenvalue weighted by atomic mass is 32.2. The second kappa shape index (κ2) is 7.96. The molecule has 0 amide bonds. The van der Waals surface area contributed by atoms with E-state index in [2.05, 4.69) is 4.72 Å². The molecular weight excluding hydrogens is 455 g/mol. The van der Waals surface area contributed by atoms with Gasteiger partial charge < -0.3 is 4.74 Å². The van der Waals surface area contributed by atoms with Crippen LogP contribution in [-0.2, 0) is 27.8 Å². The van der Waals surface area contributed by atoms with Crippen LogP contribution in [0.3, 0.4) is 0 Å². The van der Waals surface area contributed by atoms with Crippen molar-refractivity contribution in [3.05, 3.63) is 65.6 Å². The Morgan fingerprint density at radius 3 is 2.39 bits per heavy atom. The fraction of sp³-hybridized carbons (Fsp3) is 0.348. The van der Waals surface area contributed by atoms with Crippen LogP contribution in [0.25, 0.3) is 16.9 Å². The van der Waals surface area contributed by atoms with E-state index in [0.29, 0.717) is 30.0 Å². The van der Waals surface area contributed by atoms with Crippen LogP contribution in [0.4, 0.5) is 13.2 Å². The predicted molar refractivity (Wildman–Crippen MR) is 115 cm³/mol. The first-order valence-corrected chi connectivity index (χ1v) is 12.1. The van der Waals surface area contributed by atoms with E-state index in [0.717, 1.165) is 11.3 Å². The molecule has 1 atom stereocenters. The van der Waals surface area contributed by atoms with Gasteiger partial charge in [-0.25, -0.2) is 31.0 Å². The molecule has 1 N–H and O–H groups in total. The van der Waals surface area contributed by atoms with Crippen molar-refractivity contribution in [3.63, 3.8) is 0 Å². The predicted octanol–water partition coefficient (Wildman–Crippen LogP) is 4.22. The Morgan fingerprint density at radius 2 is 1.76 bits per heavy atom. The number of aromatic nitrogens is 2. The lowest BCUT2D eigenvalue weighted by molar-refractivity contribution is -0.0876. The van der Waals surface area contributed by atoms with E-state index < -0.39 is 34.8 Å². The third-order valence-electron chi connectivity index (χ3n) is 6.00. The van der Waals surface area contributed by atoms with Crippen molar-refractivity contribution < 1.29 is 26.3 Å². The molecule has 1 saturated carbocycles. The largest absolute Gasteiger partial charge is 0.373 e. The lowest BCUT2D eigenvalue weighted by Crippen LogP contribution is -2.50. The standard InChI is InChI=1S/C23H22F3N3O3S/c1-14-10-21-20(13-32-14)22(27-29(21)18-6-4-16(24)5-7-18)15-2-8-19(9-3-15)33(30,31)28-17-11-23(25,26)12-17/h2-9,14,17,28H,10-13H2,1H3/t14-/m0/s1. The Labute approximate surface area is 189 Å². The Bertz CT molecular complexity index is 1280. The molecule has 6 nitrogen and oxygen atoms in total. The lowest BCUT2D eigenvalue weighted by atomic mass is 9.89. The summed E-state index contributed by atoms with van der Waals surface area (Å²) >= 11 is 0. The molecule has 5 rings (SSSR count). The third-order valence-corrected chi connectivity index (χ3v) is 7.54. The van der Waals surface area contributed by atoms with Crippen molar-refractivity contribution in [1.29, 1.82) is 0 Å². The van der Waals surface area contributed by atoms with Crippen LogP contribution < -0.4 is 4.72 Å². The van der Waals surface area contributed by atoms with Crippen LogP contribution in [0.1, 0.15) is 31.0 Å². The Balaban J connectivity index is 1.46. The normalized spacial score (nSPS) is 20.3. The fourth-order valence-electron chi connectivity index (χ4n) is 4.26. The first-order valence-electron chi connectivity index (χ1n) is 10.6. The number of benzene rings is 2. The maximum Gasteiger partial charge on any atom is 0.251 e. The van der Waals surface area contributed by atoms with Gasteiger partial charge in [0.1, 0.15) is 5.82 Å². The zero-order valence-electron chi connectivity index (χ0n) is 17.8. The molecule has 1 aliphatic heterocycles. The maximum absolute atomic E-state index is 13.4. The van der Waals surface area contributed by atoms with Gasteiger partial charge in [0, 0.05) is 36.4 Å². The molecule has 0 saturated heterocycles. The average Bonchev–Trinajstić information content (AvgIpc) is 3.11. The van der Waals surface area contributed by atoms with E-state index in [9.17, 15) is 21.6 Å². The van der Waals surface area contributed by atoms with Crippen molar-refractivity contribution in [1.82, 2.24) is 14.5 Å². The molecule has 2 aliphatic rings. The Hall–Kier alpha value is -2.69. The highest BCUT2D eigenvalue weighted by Crippen LogP contribution is 2.38. The maximum atomic E-state index is 13.4. The number of sulfonamides is 1. The van der Waals surface area contributed by atoms with E-state index in [1.165, 1.54) is 24.3 Å². The molecule has 2 heterocycles. The molecular formula is C23H22F3N3O3S. The summed E-state index contributed by atoms with van der Waals surface area (Å²) in [5.41, 5.74) is 3.91. The van der Waals surface area contributed by atoms with Crippen LogP contribution in [0.15, 0.2) is 53.4 Å². The van der Waals surface area contributed by atoms with Gasteiger partial charge in [0.15, 0.2) is 0 Å². The number of ether oxygens (including phenoxy) is 1. The van der Waals surface area contributed by atoms with Gasteiger partial charge in [0.2, 0.25) is 10.0 Å². The van der Waals surface area contributed by atoms with Crippen LogP contribution >= 0.6 is 0 Å². The first kappa shape index (κ1) is 22.1. The summed E-state index contributed by atoms with van der Waals surface area (Å²) in [4.78, 5) is -0.00169. The van der Waals surface area contributed by atoms with E-state index in [4.69, 9.17) is 9.84 Å². The number of rotatable bonds is 5. The van der Waals surface area contributed by atoms with Gasteiger partial charge in [-0.1, -0.05) is 12.1 Å². The van der Waals surface area contributed by atoms with Crippen LogP contribution in [0, 0.1) is 5.82 Å². The summed E-state index contributed by atoms with van der Waals surface area (Å²) in [6, 6.07) is 11.4. The molecule has 0 bridgehead atoms. The van der Waals surface area contributed by atoms with Crippen LogP contribution in [0.2, 0.25) is 0 Å². The molecule has 33 heavy (non-hydrogen) atoms. The quantitative estimate of drug-likeness (QED) is 0.598. The van der Waals surface area contributed by atoms with Crippen LogP contribution in [-0.4, -0.2) is 36.3 Å². The van der Waals surface area contributed by atoms with Crippen molar-refractivity contribution >= 4 is 10.0 Å². The van der Waals surface area contributed by atoms with Gasteiger partial charge in [-0.05, 0) is 43.3 Å². The van der Waals surface area contributed by atoms with Crippen molar-refractivity contribution in [2.75, 3.05) is 0 Å². The zero-order chi connectivity index (χ0) is 23.4. The van der Waals surface area contributed by atoms with Gasteiger partial charge in [-0.3, -0.25) is 0 Å². The minimum absolute atomic E-state index is 0.00118. The van der Waals surface area contributed by atoms with Gasteiger partial charge in [0.25, 0.3) is 5.92 Å². The molecule has 1 aliphatic carbocycles. The molecule has 0 unspecified atom stereocenters. The molecule has 1 fully saturated rings. The molecule has 1 aromatic heterocycles. The first-order chi connectivity index (χ1) is 15.6. The van der Waals surface area contributed by atoms with Crippen molar-refractivity contribution in [3.8, 4) is 16.9 Å². The average molecular weight is 478 g/mol. The molecule has 2 aromatic carbocycles. The minimum atomic E-state index is -3.91. The SMILES string of the molecule is C[C@H]1Cc2c(c(-c3ccc(S(=O)(=O)NC4CC(F)(F)C4)cc3)nn2-c2ccc(F)cc2)CO1. The summed E-state index contributed by atoms with van der Waals surface area (Å²) in [5, 5.41) is 4.74. The highest BCUT2D eigenvalue weighted by Gasteiger charge is 2.46. The summed E-state index contributed by atoms with van der Waals surface area (Å²) in [6.07, 6.45) is -0.355. The number of nitrogens with zero attached hydrogens (tertiary/aromatic N) is 2. The summed E-state index contributed by atoms with van der Waals surface area (Å²) in [7, 11) is -3.91. The number of halogens is 3. The smallest absolute Gasteiger partial charge is 0.251 e. The molecule has 10 heteroatoms. The Kier molecular flexibility index (Phi) is 5.34. The van der Waals surface area contributed by atoms with E-state index in [-0.39, 0.29) is 16.8 Å². The van der Waals surface area contributed by atoms with Gasteiger partial charge >= 0.3 is 0 Å². The zero-order valence-corrected chi connectivity index (χ0v) is 18.6. The molecule has 0 radical (unpaired) electrons.